The lowest BCUT2D eigenvalue weighted by atomic mass is 9.83. The first-order valence-electron chi connectivity index (χ1n) is 8.96. The van der Waals surface area contributed by atoms with Crippen LogP contribution in [-0.2, 0) is 11.3 Å². The Morgan fingerprint density at radius 3 is 2.42 bits per heavy atom. The van der Waals surface area contributed by atoms with Gasteiger partial charge in [-0.05, 0) is 52.5 Å². The Hall–Kier alpha value is -1.55. The Bertz CT molecular complexity index is 538. The standard InChI is InChI=1S/C20H32N2O2/c1-14-12-18(21-19(23)24-20(4,5)6)15(2)16(3)22(14)13-17-10-8-7-9-11-17/h7-11,14-16,18H,12-13H2,1-6H3,(H,21,23)/t14-,15+,16-,18-/m0/s1. The highest BCUT2D eigenvalue weighted by molar-refractivity contribution is 5.68. The van der Waals surface area contributed by atoms with Gasteiger partial charge in [-0.15, -0.1) is 0 Å². The van der Waals surface area contributed by atoms with Crippen LogP contribution in [0, 0.1) is 5.92 Å². The van der Waals surface area contributed by atoms with Gasteiger partial charge in [-0.25, -0.2) is 4.79 Å². The van der Waals surface area contributed by atoms with Crippen LogP contribution >= 0.6 is 0 Å². The van der Waals surface area contributed by atoms with Crippen LogP contribution in [0.2, 0.25) is 0 Å². The number of carbonyl (C=O) groups is 1. The van der Waals surface area contributed by atoms with Crippen molar-refractivity contribution in [1.82, 2.24) is 10.2 Å². The second kappa shape index (κ2) is 7.56. The van der Waals surface area contributed by atoms with Crippen molar-refractivity contribution in [3.63, 3.8) is 0 Å². The van der Waals surface area contributed by atoms with Gasteiger partial charge in [0.05, 0.1) is 0 Å². The van der Waals surface area contributed by atoms with Crippen molar-refractivity contribution in [2.45, 2.75) is 78.2 Å². The van der Waals surface area contributed by atoms with E-state index in [2.05, 4.69) is 61.3 Å². The van der Waals surface area contributed by atoms with Crippen molar-refractivity contribution in [2.24, 2.45) is 5.92 Å². The van der Waals surface area contributed by atoms with E-state index in [0.717, 1.165) is 13.0 Å². The van der Waals surface area contributed by atoms with Gasteiger partial charge in [-0.2, -0.15) is 0 Å². The lowest BCUT2D eigenvalue weighted by Gasteiger charge is -2.47. The summed E-state index contributed by atoms with van der Waals surface area (Å²) in [7, 11) is 0. The van der Waals surface area contributed by atoms with E-state index in [1.807, 2.05) is 20.8 Å². The molecule has 0 saturated carbocycles. The van der Waals surface area contributed by atoms with Crippen LogP contribution in [0.4, 0.5) is 4.79 Å². The number of likely N-dealkylation sites (tertiary alicyclic amines) is 1. The predicted molar refractivity (Wildman–Crippen MR) is 97.8 cm³/mol. The molecule has 0 radical (unpaired) electrons. The Morgan fingerprint density at radius 1 is 1.21 bits per heavy atom. The Kier molecular flexibility index (Phi) is 5.92. The maximum Gasteiger partial charge on any atom is 0.407 e. The minimum atomic E-state index is -0.460. The van der Waals surface area contributed by atoms with Gasteiger partial charge < -0.3 is 10.1 Å². The molecule has 1 aromatic carbocycles. The second-order valence-corrected chi connectivity index (χ2v) is 8.10. The molecule has 0 bridgehead atoms. The molecule has 134 valence electrons. The highest BCUT2D eigenvalue weighted by atomic mass is 16.6. The molecule has 1 heterocycles. The number of rotatable bonds is 3. The quantitative estimate of drug-likeness (QED) is 0.902. The van der Waals surface area contributed by atoms with Crippen molar-refractivity contribution in [3.05, 3.63) is 35.9 Å². The number of hydrogen-bond donors (Lipinski definition) is 1. The number of ether oxygens (including phenoxy) is 1. The number of benzene rings is 1. The van der Waals surface area contributed by atoms with Gasteiger partial charge >= 0.3 is 6.09 Å². The smallest absolute Gasteiger partial charge is 0.407 e. The van der Waals surface area contributed by atoms with E-state index in [9.17, 15) is 4.79 Å². The van der Waals surface area contributed by atoms with E-state index >= 15 is 0 Å². The van der Waals surface area contributed by atoms with Crippen molar-refractivity contribution < 1.29 is 9.53 Å². The fourth-order valence-electron chi connectivity index (χ4n) is 3.50. The molecule has 0 aromatic heterocycles. The lowest BCUT2D eigenvalue weighted by molar-refractivity contribution is 0.0184. The number of amides is 1. The van der Waals surface area contributed by atoms with Gasteiger partial charge in [-0.3, -0.25) is 4.90 Å². The predicted octanol–water partition coefficient (Wildman–Crippen LogP) is 4.20. The topological polar surface area (TPSA) is 41.6 Å². The minimum absolute atomic E-state index is 0.150. The third-order valence-electron chi connectivity index (χ3n) is 4.99. The first-order valence-corrected chi connectivity index (χ1v) is 8.96. The molecule has 4 atom stereocenters. The van der Waals surface area contributed by atoms with Gasteiger partial charge in [0, 0.05) is 24.7 Å². The van der Waals surface area contributed by atoms with Gasteiger partial charge in [0.25, 0.3) is 0 Å². The molecule has 0 aliphatic carbocycles. The molecule has 0 unspecified atom stereocenters. The SMILES string of the molecule is C[C@H]1[C@@H](NC(=O)OC(C)(C)C)C[C@H](C)N(Cc2ccccc2)[C@H]1C. The zero-order valence-corrected chi connectivity index (χ0v) is 15.9. The summed E-state index contributed by atoms with van der Waals surface area (Å²) in [6.07, 6.45) is 0.632. The van der Waals surface area contributed by atoms with Crippen LogP contribution < -0.4 is 5.32 Å². The van der Waals surface area contributed by atoms with Gasteiger partial charge in [0.2, 0.25) is 0 Å². The number of alkyl carbamates (subject to hydrolysis) is 1. The van der Waals surface area contributed by atoms with Gasteiger partial charge in [-0.1, -0.05) is 37.3 Å². The van der Waals surface area contributed by atoms with E-state index in [-0.39, 0.29) is 12.1 Å². The normalized spacial score (nSPS) is 28.4. The lowest BCUT2D eigenvalue weighted by Crippen LogP contribution is -2.57. The summed E-state index contributed by atoms with van der Waals surface area (Å²) in [5.74, 6) is 0.373. The van der Waals surface area contributed by atoms with Gasteiger partial charge in [0.15, 0.2) is 0 Å². The molecule has 1 fully saturated rings. The molecule has 1 aliphatic rings. The van der Waals surface area contributed by atoms with Crippen molar-refractivity contribution in [3.8, 4) is 0 Å². The average Bonchev–Trinajstić information content (AvgIpc) is 2.48. The van der Waals surface area contributed by atoms with Crippen LogP contribution in [-0.4, -0.2) is 34.7 Å². The first kappa shape index (κ1) is 18.8. The summed E-state index contributed by atoms with van der Waals surface area (Å²) >= 11 is 0. The molecule has 2 rings (SSSR count). The van der Waals surface area contributed by atoms with Crippen molar-refractivity contribution in [2.75, 3.05) is 0 Å². The summed E-state index contributed by atoms with van der Waals surface area (Å²) in [5.41, 5.74) is 0.875. The third-order valence-corrected chi connectivity index (χ3v) is 4.99. The molecular weight excluding hydrogens is 300 g/mol. The summed E-state index contributed by atoms with van der Waals surface area (Å²) in [6, 6.07) is 11.5. The summed E-state index contributed by atoms with van der Waals surface area (Å²) in [6.45, 7) is 13.3. The molecule has 1 aliphatic heterocycles. The number of carbonyl (C=O) groups excluding carboxylic acids is 1. The van der Waals surface area contributed by atoms with Crippen LogP contribution in [0.1, 0.15) is 53.5 Å². The zero-order valence-electron chi connectivity index (χ0n) is 15.9. The number of piperidine rings is 1. The molecule has 1 amide bonds. The summed E-state index contributed by atoms with van der Waals surface area (Å²) < 4.78 is 5.42. The number of nitrogens with zero attached hydrogens (tertiary/aromatic N) is 1. The van der Waals surface area contributed by atoms with Crippen LogP contribution in [0.3, 0.4) is 0 Å². The van der Waals surface area contributed by atoms with Crippen LogP contribution in [0.25, 0.3) is 0 Å². The molecule has 24 heavy (non-hydrogen) atoms. The number of hydrogen-bond acceptors (Lipinski definition) is 3. The van der Waals surface area contributed by atoms with Crippen LogP contribution in [0.5, 0.6) is 0 Å². The zero-order chi connectivity index (χ0) is 17.9. The fourth-order valence-corrected chi connectivity index (χ4v) is 3.50. The van der Waals surface area contributed by atoms with Crippen molar-refractivity contribution in [1.29, 1.82) is 0 Å². The summed E-state index contributed by atoms with van der Waals surface area (Å²) in [4.78, 5) is 14.6. The maximum atomic E-state index is 12.1. The van der Waals surface area contributed by atoms with E-state index in [0.29, 0.717) is 18.0 Å². The monoisotopic (exact) mass is 332 g/mol. The first-order chi connectivity index (χ1) is 11.2. The fraction of sp³-hybridized carbons (Fsp3) is 0.650. The molecular formula is C20H32N2O2. The molecule has 1 aromatic rings. The minimum Gasteiger partial charge on any atom is -0.444 e. The van der Waals surface area contributed by atoms with Crippen molar-refractivity contribution >= 4 is 6.09 Å². The highest BCUT2D eigenvalue weighted by Crippen LogP contribution is 2.29. The van der Waals surface area contributed by atoms with E-state index in [4.69, 9.17) is 4.74 Å². The highest BCUT2D eigenvalue weighted by Gasteiger charge is 2.37. The van der Waals surface area contributed by atoms with E-state index in [1.165, 1.54) is 5.56 Å². The third kappa shape index (κ3) is 4.97. The second-order valence-electron chi connectivity index (χ2n) is 8.10. The Labute approximate surface area is 146 Å². The van der Waals surface area contributed by atoms with Gasteiger partial charge in [0.1, 0.15) is 5.60 Å². The summed E-state index contributed by atoms with van der Waals surface area (Å²) in [5, 5.41) is 3.08. The average molecular weight is 332 g/mol. The molecule has 0 spiro atoms. The Morgan fingerprint density at radius 2 is 1.83 bits per heavy atom. The largest absolute Gasteiger partial charge is 0.444 e. The van der Waals surface area contributed by atoms with E-state index < -0.39 is 5.60 Å². The van der Waals surface area contributed by atoms with Crippen LogP contribution in [0.15, 0.2) is 30.3 Å². The number of nitrogens with one attached hydrogen (secondary N) is 1. The molecule has 4 nitrogen and oxygen atoms in total. The molecule has 1 N–H and O–H groups in total. The molecule has 4 heteroatoms. The molecule has 1 saturated heterocycles. The Balaban J connectivity index is 1.99. The van der Waals surface area contributed by atoms with E-state index in [1.54, 1.807) is 0 Å². The maximum absolute atomic E-state index is 12.1.